The van der Waals surface area contributed by atoms with Crippen molar-refractivity contribution in [2.24, 2.45) is 0 Å². The summed E-state index contributed by atoms with van der Waals surface area (Å²) in [5.74, 6) is -0.0278. The van der Waals surface area contributed by atoms with E-state index in [1.165, 1.54) is 6.26 Å². The molecule has 0 aliphatic carbocycles. The van der Waals surface area contributed by atoms with Crippen LogP contribution in [0.25, 0.3) is 0 Å². The molecule has 134 valence electrons. The Morgan fingerprint density at radius 3 is 2.62 bits per heavy atom. The minimum absolute atomic E-state index is 0.0278. The van der Waals surface area contributed by atoms with E-state index < -0.39 is 9.84 Å². The Hall–Kier alpha value is -1.60. The molecule has 1 aliphatic rings. The second-order valence-electron chi connectivity index (χ2n) is 6.48. The number of hydrogen-bond acceptors (Lipinski definition) is 4. The first-order valence-corrected chi connectivity index (χ1v) is 10.5. The molecule has 1 aromatic carbocycles. The molecule has 6 nitrogen and oxygen atoms in total. The molecule has 0 bridgehead atoms. The average molecular weight is 353 g/mol. The van der Waals surface area contributed by atoms with Crippen LogP contribution in [0.4, 0.5) is 10.5 Å². The van der Waals surface area contributed by atoms with E-state index in [1.54, 1.807) is 24.3 Å². The normalized spacial score (nSPS) is 16.8. The number of piperidine rings is 1. The van der Waals surface area contributed by atoms with Gasteiger partial charge >= 0.3 is 6.03 Å². The first-order chi connectivity index (χ1) is 11.4. The Morgan fingerprint density at radius 2 is 2.00 bits per heavy atom. The molecule has 0 atom stereocenters. The van der Waals surface area contributed by atoms with Gasteiger partial charge in [-0.1, -0.05) is 19.1 Å². The van der Waals surface area contributed by atoms with Crippen LogP contribution in [0.3, 0.4) is 0 Å². The Labute approximate surface area is 144 Å². The van der Waals surface area contributed by atoms with Gasteiger partial charge in [-0.3, -0.25) is 0 Å². The Bertz CT molecular complexity index is 653. The van der Waals surface area contributed by atoms with Crippen molar-refractivity contribution in [1.82, 2.24) is 10.2 Å². The number of urea groups is 1. The Balaban J connectivity index is 1.83. The molecule has 0 spiro atoms. The molecule has 2 amide bonds. The average Bonchev–Trinajstić information content (AvgIpc) is 2.48. The zero-order chi connectivity index (χ0) is 17.6. The van der Waals surface area contributed by atoms with Gasteiger partial charge in [0, 0.05) is 31.1 Å². The van der Waals surface area contributed by atoms with Gasteiger partial charge in [-0.15, -0.1) is 0 Å². The molecule has 7 heteroatoms. The maximum Gasteiger partial charge on any atom is 0.319 e. The van der Waals surface area contributed by atoms with Gasteiger partial charge < -0.3 is 15.5 Å². The molecule has 2 N–H and O–H groups in total. The van der Waals surface area contributed by atoms with Crippen LogP contribution >= 0.6 is 0 Å². The van der Waals surface area contributed by atoms with Crippen LogP contribution in [0.5, 0.6) is 0 Å². The number of nitrogens with zero attached hydrogens (tertiary/aromatic N) is 1. The fourth-order valence-corrected chi connectivity index (χ4v) is 3.80. The maximum absolute atomic E-state index is 12.1. The first kappa shape index (κ1) is 18.7. The van der Waals surface area contributed by atoms with E-state index >= 15 is 0 Å². The van der Waals surface area contributed by atoms with Crippen molar-refractivity contribution in [3.05, 3.63) is 29.8 Å². The molecule has 1 saturated heterocycles. The van der Waals surface area contributed by atoms with Gasteiger partial charge in [0.05, 0.1) is 5.75 Å². The van der Waals surface area contributed by atoms with Gasteiger partial charge in [-0.2, -0.15) is 0 Å². The van der Waals surface area contributed by atoms with Gasteiger partial charge in [-0.25, -0.2) is 13.2 Å². The lowest BCUT2D eigenvalue weighted by molar-refractivity contribution is 0.196. The largest absolute Gasteiger partial charge is 0.335 e. The van der Waals surface area contributed by atoms with Gasteiger partial charge in [0.2, 0.25) is 0 Å². The van der Waals surface area contributed by atoms with Crippen LogP contribution in [0, 0.1) is 0 Å². The van der Waals surface area contributed by atoms with Crippen LogP contribution in [-0.4, -0.2) is 51.3 Å². The van der Waals surface area contributed by atoms with E-state index in [4.69, 9.17) is 0 Å². The second kappa shape index (κ2) is 8.48. The summed E-state index contributed by atoms with van der Waals surface area (Å²) in [6, 6.07) is 6.91. The quantitative estimate of drug-likeness (QED) is 0.822. The molecule has 0 aromatic heterocycles. The Kier molecular flexibility index (Phi) is 6.62. The van der Waals surface area contributed by atoms with Crippen LogP contribution in [0.1, 0.15) is 31.7 Å². The maximum atomic E-state index is 12.1. The molecule has 1 aliphatic heterocycles. The van der Waals surface area contributed by atoms with Gasteiger partial charge in [-0.05, 0) is 43.5 Å². The summed E-state index contributed by atoms with van der Waals surface area (Å²) in [7, 11) is -3.09. The lowest BCUT2D eigenvalue weighted by atomic mass is 10.1. The minimum atomic E-state index is -3.09. The number of hydrogen-bond donors (Lipinski definition) is 2. The zero-order valence-electron chi connectivity index (χ0n) is 14.4. The number of amides is 2. The fraction of sp³-hybridized carbons (Fsp3) is 0.588. The highest BCUT2D eigenvalue weighted by atomic mass is 32.2. The molecule has 0 radical (unpaired) electrons. The van der Waals surface area contributed by atoms with E-state index in [0.29, 0.717) is 11.3 Å². The monoisotopic (exact) mass is 353 g/mol. The van der Waals surface area contributed by atoms with Gasteiger partial charge in [0.1, 0.15) is 0 Å². The summed E-state index contributed by atoms with van der Waals surface area (Å²) in [5.41, 5.74) is 1.28. The third-order valence-corrected chi connectivity index (χ3v) is 4.93. The van der Waals surface area contributed by atoms with Crippen molar-refractivity contribution in [3.63, 3.8) is 0 Å². The number of sulfone groups is 1. The van der Waals surface area contributed by atoms with E-state index in [0.717, 1.165) is 38.9 Å². The van der Waals surface area contributed by atoms with Crippen LogP contribution in [-0.2, 0) is 15.6 Å². The number of likely N-dealkylation sites (tertiary alicyclic amines) is 1. The SMILES string of the molecule is CCCN1CCC(NC(=O)Nc2cccc(CS(C)(=O)=O)c2)CC1. The van der Waals surface area contributed by atoms with Crippen molar-refractivity contribution in [2.45, 2.75) is 38.0 Å². The molecule has 1 fully saturated rings. The third-order valence-electron chi connectivity index (χ3n) is 4.08. The fourth-order valence-electron chi connectivity index (χ4n) is 3.01. The smallest absolute Gasteiger partial charge is 0.319 e. The Morgan fingerprint density at radius 1 is 1.29 bits per heavy atom. The summed E-state index contributed by atoms with van der Waals surface area (Å²) >= 11 is 0. The van der Waals surface area contributed by atoms with Gasteiger partial charge in [0.25, 0.3) is 0 Å². The molecule has 2 rings (SSSR count). The number of carbonyl (C=O) groups is 1. The molecule has 24 heavy (non-hydrogen) atoms. The molecular weight excluding hydrogens is 326 g/mol. The molecule has 1 aromatic rings. The number of carbonyl (C=O) groups excluding carboxylic acids is 1. The summed E-state index contributed by atoms with van der Waals surface area (Å²) in [5, 5.41) is 5.80. The predicted molar refractivity (Wildman–Crippen MR) is 96.9 cm³/mol. The summed E-state index contributed by atoms with van der Waals surface area (Å²) in [6.45, 7) is 5.33. The topological polar surface area (TPSA) is 78.5 Å². The van der Waals surface area contributed by atoms with Crippen LogP contribution < -0.4 is 10.6 Å². The zero-order valence-corrected chi connectivity index (χ0v) is 15.2. The van der Waals surface area contributed by atoms with Crippen LogP contribution in [0.15, 0.2) is 24.3 Å². The summed E-state index contributed by atoms with van der Waals surface area (Å²) in [6.07, 6.45) is 4.27. The second-order valence-corrected chi connectivity index (χ2v) is 8.63. The van der Waals surface area contributed by atoms with Crippen molar-refractivity contribution in [2.75, 3.05) is 31.2 Å². The molecular formula is C17H27N3O3S. The highest BCUT2D eigenvalue weighted by molar-refractivity contribution is 7.89. The van der Waals surface area contributed by atoms with E-state index in [2.05, 4.69) is 22.5 Å². The number of anilines is 1. The number of rotatable bonds is 6. The third kappa shape index (κ3) is 6.49. The number of nitrogens with one attached hydrogen (secondary N) is 2. The van der Waals surface area contributed by atoms with Crippen molar-refractivity contribution in [1.29, 1.82) is 0 Å². The summed E-state index contributed by atoms with van der Waals surface area (Å²) < 4.78 is 22.7. The lowest BCUT2D eigenvalue weighted by Gasteiger charge is -2.32. The number of benzene rings is 1. The van der Waals surface area contributed by atoms with Crippen molar-refractivity contribution in [3.8, 4) is 0 Å². The minimum Gasteiger partial charge on any atom is -0.335 e. The highest BCUT2D eigenvalue weighted by Gasteiger charge is 2.20. The standard InChI is InChI=1S/C17H27N3O3S/c1-3-9-20-10-7-15(8-11-20)18-17(21)19-16-6-4-5-14(12-16)13-24(2,22)23/h4-6,12,15H,3,7-11,13H2,1-2H3,(H2,18,19,21). The van der Waals surface area contributed by atoms with Crippen molar-refractivity contribution >= 4 is 21.6 Å². The van der Waals surface area contributed by atoms with E-state index in [1.807, 2.05) is 0 Å². The molecule has 0 unspecified atom stereocenters. The summed E-state index contributed by atoms with van der Waals surface area (Å²) in [4.78, 5) is 14.6. The van der Waals surface area contributed by atoms with Gasteiger partial charge in [0.15, 0.2) is 9.84 Å². The molecule has 0 saturated carbocycles. The predicted octanol–water partition coefficient (Wildman–Crippen LogP) is 2.23. The van der Waals surface area contributed by atoms with Crippen molar-refractivity contribution < 1.29 is 13.2 Å². The van der Waals surface area contributed by atoms with Crippen LogP contribution in [0.2, 0.25) is 0 Å². The first-order valence-electron chi connectivity index (χ1n) is 8.42. The highest BCUT2D eigenvalue weighted by Crippen LogP contribution is 2.14. The molecule has 1 heterocycles. The van der Waals surface area contributed by atoms with E-state index in [-0.39, 0.29) is 17.8 Å². The van der Waals surface area contributed by atoms with E-state index in [9.17, 15) is 13.2 Å². The lowest BCUT2D eigenvalue weighted by Crippen LogP contribution is -2.46.